The molecule has 0 saturated heterocycles. The second kappa shape index (κ2) is 5.90. The predicted molar refractivity (Wildman–Crippen MR) is 58.7 cm³/mol. The highest BCUT2D eigenvalue weighted by molar-refractivity contribution is 7.99. The van der Waals surface area contributed by atoms with Crippen LogP contribution in [0.1, 0.15) is 26.7 Å². The molecular weight excluding hydrogens is 200 g/mol. The Balaban J connectivity index is 4.24. The van der Waals surface area contributed by atoms with Crippen molar-refractivity contribution in [2.75, 3.05) is 11.5 Å². The summed E-state index contributed by atoms with van der Waals surface area (Å²) in [6.07, 6.45) is 0.647. The Hall–Kier alpha value is -0.710. The van der Waals surface area contributed by atoms with E-state index in [9.17, 15) is 9.59 Å². The molecule has 14 heavy (non-hydrogen) atoms. The van der Waals surface area contributed by atoms with E-state index in [0.717, 1.165) is 5.75 Å². The highest BCUT2D eigenvalue weighted by Crippen LogP contribution is 2.27. The third-order valence-electron chi connectivity index (χ3n) is 2.14. The van der Waals surface area contributed by atoms with Crippen LogP contribution in [0.5, 0.6) is 0 Å². The van der Waals surface area contributed by atoms with Crippen LogP contribution in [-0.4, -0.2) is 23.3 Å². The van der Waals surface area contributed by atoms with Crippen molar-refractivity contribution in [3.63, 3.8) is 0 Å². The Kier molecular flexibility index (Phi) is 5.60. The summed E-state index contributed by atoms with van der Waals surface area (Å²) in [5.74, 6) is 0.824. The molecule has 82 valence electrons. The lowest BCUT2D eigenvalue weighted by Crippen LogP contribution is -2.37. The molecular formula is C9H18N2O2S. The SMILES string of the molecule is CCSCC(C)(CCC(N)=O)C(N)=O. The molecule has 0 fully saturated rings. The van der Waals surface area contributed by atoms with E-state index < -0.39 is 5.41 Å². The summed E-state index contributed by atoms with van der Waals surface area (Å²) in [7, 11) is 0. The zero-order valence-corrected chi connectivity index (χ0v) is 9.52. The Morgan fingerprint density at radius 1 is 1.36 bits per heavy atom. The predicted octanol–water partition coefficient (Wildman–Crippen LogP) is 0.497. The molecule has 0 rings (SSSR count). The first-order chi connectivity index (χ1) is 6.42. The van der Waals surface area contributed by atoms with Crippen LogP contribution in [0.3, 0.4) is 0 Å². The van der Waals surface area contributed by atoms with E-state index in [4.69, 9.17) is 11.5 Å². The van der Waals surface area contributed by atoms with Gasteiger partial charge in [-0.3, -0.25) is 9.59 Å². The Morgan fingerprint density at radius 2 is 1.93 bits per heavy atom. The number of carbonyl (C=O) groups excluding carboxylic acids is 2. The molecule has 0 aromatic carbocycles. The van der Waals surface area contributed by atoms with Gasteiger partial charge in [0.2, 0.25) is 11.8 Å². The van der Waals surface area contributed by atoms with Gasteiger partial charge in [-0.25, -0.2) is 0 Å². The van der Waals surface area contributed by atoms with E-state index in [1.54, 1.807) is 18.7 Å². The molecule has 4 nitrogen and oxygen atoms in total. The van der Waals surface area contributed by atoms with Gasteiger partial charge >= 0.3 is 0 Å². The maximum absolute atomic E-state index is 11.2. The molecule has 0 aliphatic rings. The molecule has 0 bridgehead atoms. The number of carbonyl (C=O) groups is 2. The van der Waals surface area contributed by atoms with Crippen LogP contribution in [-0.2, 0) is 9.59 Å². The van der Waals surface area contributed by atoms with E-state index in [1.165, 1.54) is 0 Å². The summed E-state index contributed by atoms with van der Waals surface area (Å²) in [6.45, 7) is 3.79. The minimum absolute atomic E-state index is 0.212. The average Bonchev–Trinajstić information content (AvgIpc) is 2.11. The molecule has 4 N–H and O–H groups in total. The topological polar surface area (TPSA) is 86.2 Å². The number of primary amides is 2. The molecule has 0 heterocycles. The third kappa shape index (κ3) is 4.50. The monoisotopic (exact) mass is 218 g/mol. The fraction of sp³-hybridized carbons (Fsp3) is 0.778. The number of thioether (sulfide) groups is 1. The fourth-order valence-corrected chi connectivity index (χ4v) is 1.93. The molecule has 1 unspecified atom stereocenters. The second-order valence-electron chi connectivity index (χ2n) is 3.53. The van der Waals surface area contributed by atoms with Gasteiger partial charge in [-0.15, -0.1) is 0 Å². The van der Waals surface area contributed by atoms with Gasteiger partial charge in [0.25, 0.3) is 0 Å². The van der Waals surface area contributed by atoms with Crippen molar-refractivity contribution in [3.05, 3.63) is 0 Å². The quantitative estimate of drug-likeness (QED) is 0.652. The molecule has 0 saturated carbocycles. The first-order valence-electron chi connectivity index (χ1n) is 4.58. The van der Waals surface area contributed by atoms with Crippen molar-refractivity contribution < 1.29 is 9.59 Å². The van der Waals surface area contributed by atoms with Gasteiger partial charge in [0.1, 0.15) is 0 Å². The van der Waals surface area contributed by atoms with Crippen molar-refractivity contribution in [3.8, 4) is 0 Å². The summed E-state index contributed by atoms with van der Waals surface area (Å²) in [5, 5.41) is 0. The van der Waals surface area contributed by atoms with E-state index in [1.807, 2.05) is 6.92 Å². The van der Waals surface area contributed by atoms with Crippen molar-refractivity contribution in [1.82, 2.24) is 0 Å². The fourth-order valence-electron chi connectivity index (χ4n) is 0.993. The summed E-state index contributed by atoms with van der Waals surface area (Å²) in [5.41, 5.74) is 9.71. The van der Waals surface area contributed by atoms with E-state index in [-0.39, 0.29) is 18.2 Å². The van der Waals surface area contributed by atoms with Crippen LogP contribution < -0.4 is 11.5 Å². The zero-order chi connectivity index (χ0) is 11.2. The molecule has 5 heteroatoms. The van der Waals surface area contributed by atoms with Crippen LogP contribution in [0.15, 0.2) is 0 Å². The minimum atomic E-state index is -0.615. The summed E-state index contributed by atoms with van der Waals surface area (Å²) in [4.78, 5) is 21.8. The van der Waals surface area contributed by atoms with Gasteiger partial charge in [0.05, 0.1) is 5.41 Å². The molecule has 0 aromatic heterocycles. The van der Waals surface area contributed by atoms with Crippen molar-refractivity contribution in [2.45, 2.75) is 26.7 Å². The number of hydrogen-bond acceptors (Lipinski definition) is 3. The van der Waals surface area contributed by atoms with Gasteiger partial charge in [-0.05, 0) is 19.1 Å². The summed E-state index contributed by atoms with van der Waals surface area (Å²) in [6, 6.07) is 0. The number of nitrogens with two attached hydrogens (primary N) is 2. The number of rotatable bonds is 7. The normalized spacial score (nSPS) is 14.7. The second-order valence-corrected chi connectivity index (χ2v) is 4.80. The summed E-state index contributed by atoms with van der Waals surface area (Å²) >= 11 is 1.64. The largest absolute Gasteiger partial charge is 0.370 e. The van der Waals surface area contributed by atoms with Crippen LogP contribution in [0.4, 0.5) is 0 Å². The Morgan fingerprint density at radius 3 is 2.29 bits per heavy atom. The smallest absolute Gasteiger partial charge is 0.224 e. The number of amides is 2. The molecule has 1 atom stereocenters. The summed E-state index contributed by atoms with van der Waals surface area (Å²) < 4.78 is 0. The van der Waals surface area contributed by atoms with Crippen LogP contribution in [0.2, 0.25) is 0 Å². The molecule has 0 aliphatic carbocycles. The lowest BCUT2D eigenvalue weighted by atomic mass is 9.87. The molecule has 0 aliphatic heterocycles. The van der Waals surface area contributed by atoms with E-state index in [0.29, 0.717) is 12.2 Å². The lowest BCUT2D eigenvalue weighted by Gasteiger charge is -2.24. The van der Waals surface area contributed by atoms with Gasteiger partial charge < -0.3 is 11.5 Å². The highest BCUT2D eigenvalue weighted by Gasteiger charge is 2.30. The maximum atomic E-state index is 11.2. The molecule has 2 amide bonds. The maximum Gasteiger partial charge on any atom is 0.224 e. The first kappa shape index (κ1) is 13.3. The zero-order valence-electron chi connectivity index (χ0n) is 8.71. The minimum Gasteiger partial charge on any atom is -0.370 e. The van der Waals surface area contributed by atoms with Crippen molar-refractivity contribution in [2.24, 2.45) is 16.9 Å². The van der Waals surface area contributed by atoms with E-state index in [2.05, 4.69) is 0 Å². The Labute approximate surface area is 88.8 Å². The molecule has 0 radical (unpaired) electrons. The van der Waals surface area contributed by atoms with Gasteiger partial charge in [0.15, 0.2) is 0 Å². The van der Waals surface area contributed by atoms with Crippen LogP contribution in [0, 0.1) is 5.41 Å². The number of hydrogen-bond donors (Lipinski definition) is 2. The Bertz CT molecular complexity index is 221. The average molecular weight is 218 g/mol. The molecule has 0 spiro atoms. The first-order valence-corrected chi connectivity index (χ1v) is 5.74. The van der Waals surface area contributed by atoms with Crippen LogP contribution in [0.25, 0.3) is 0 Å². The van der Waals surface area contributed by atoms with Crippen molar-refractivity contribution in [1.29, 1.82) is 0 Å². The third-order valence-corrected chi connectivity index (χ3v) is 3.39. The van der Waals surface area contributed by atoms with Gasteiger partial charge in [-0.2, -0.15) is 11.8 Å². The highest BCUT2D eigenvalue weighted by atomic mass is 32.2. The van der Waals surface area contributed by atoms with Crippen molar-refractivity contribution >= 4 is 23.6 Å². The standard InChI is InChI=1S/C9H18N2O2S/c1-3-14-6-9(2,8(11)13)5-4-7(10)12/h3-6H2,1-2H3,(H2,10,12)(H2,11,13). The van der Waals surface area contributed by atoms with Crippen LogP contribution >= 0.6 is 11.8 Å². The van der Waals surface area contributed by atoms with Gasteiger partial charge in [-0.1, -0.05) is 6.92 Å². The lowest BCUT2D eigenvalue weighted by molar-refractivity contribution is -0.126. The van der Waals surface area contributed by atoms with E-state index >= 15 is 0 Å². The molecule has 0 aromatic rings. The van der Waals surface area contributed by atoms with Gasteiger partial charge in [0, 0.05) is 12.2 Å².